The van der Waals surface area contributed by atoms with Crippen LogP contribution in [0.4, 0.5) is 18.9 Å². The summed E-state index contributed by atoms with van der Waals surface area (Å²) >= 11 is 0. The smallest absolute Gasteiger partial charge is 0.383 e. The lowest BCUT2D eigenvalue weighted by Crippen LogP contribution is -2.38. The predicted molar refractivity (Wildman–Crippen MR) is 72.7 cm³/mol. The molecule has 21 heavy (non-hydrogen) atoms. The van der Waals surface area contributed by atoms with E-state index in [-0.39, 0.29) is 23.9 Å². The van der Waals surface area contributed by atoms with Crippen molar-refractivity contribution in [2.75, 3.05) is 26.2 Å². The van der Waals surface area contributed by atoms with E-state index in [1.807, 2.05) is 0 Å². The zero-order valence-corrected chi connectivity index (χ0v) is 12.0. The van der Waals surface area contributed by atoms with Gasteiger partial charge in [0.1, 0.15) is 0 Å². The highest BCUT2D eigenvalue weighted by molar-refractivity contribution is 5.99. The van der Waals surface area contributed by atoms with E-state index in [4.69, 9.17) is 10.6 Å². The van der Waals surface area contributed by atoms with Gasteiger partial charge in [-0.15, -0.1) is 0 Å². The van der Waals surface area contributed by atoms with E-state index in [9.17, 15) is 18.0 Å². The van der Waals surface area contributed by atoms with Crippen molar-refractivity contribution in [1.29, 1.82) is 0 Å². The lowest BCUT2D eigenvalue weighted by Gasteiger charge is -2.25. The van der Waals surface area contributed by atoms with Crippen LogP contribution in [0.2, 0.25) is 0 Å². The maximum Gasteiger partial charge on any atom is 0.416 e. The third kappa shape index (κ3) is 4.08. The van der Waals surface area contributed by atoms with Gasteiger partial charge in [-0.05, 0) is 25.1 Å². The van der Waals surface area contributed by atoms with Crippen molar-refractivity contribution >= 4 is 11.6 Å². The van der Waals surface area contributed by atoms with Crippen molar-refractivity contribution in [3.05, 3.63) is 29.3 Å². The monoisotopic (exact) mass is 305 g/mol. The second kappa shape index (κ2) is 6.77. The summed E-state index contributed by atoms with van der Waals surface area (Å²) < 4.78 is 43.2. The molecule has 1 aromatic rings. The Morgan fingerprint density at radius 2 is 2.10 bits per heavy atom. The van der Waals surface area contributed by atoms with E-state index in [2.05, 4.69) is 5.43 Å². The van der Waals surface area contributed by atoms with Crippen LogP contribution in [0, 0.1) is 0 Å². The van der Waals surface area contributed by atoms with E-state index >= 15 is 0 Å². The Bertz CT molecular complexity index is 506. The van der Waals surface area contributed by atoms with Gasteiger partial charge in [-0.3, -0.25) is 10.6 Å². The number of hydrogen-bond donors (Lipinski definition) is 2. The second-order valence-corrected chi connectivity index (χ2v) is 4.62. The summed E-state index contributed by atoms with van der Waals surface area (Å²) in [6.45, 7) is 2.00. The first kappa shape index (κ1) is 17.3. The number of hydrogen-bond acceptors (Lipinski definition) is 4. The van der Waals surface area contributed by atoms with Crippen LogP contribution in [0.3, 0.4) is 0 Å². The van der Waals surface area contributed by atoms with Gasteiger partial charge in [0, 0.05) is 14.2 Å². The molecule has 0 bridgehead atoms. The quantitative estimate of drug-likeness (QED) is 0.646. The Kier molecular flexibility index (Phi) is 5.56. The maximum absolute atomic E-state index is 12.8. The third-order valence-corrected chi connectivity index (χ3v) is 3.12. The number of halogens is 3. The highest BCUT2D eigenvalue weighted by Crippen LogP contribution is 2.32. The number of carbonyl (C=O) groups excluding carboxylic acids is 1. The minimum absolute atomic E-state index is 0.129. The van der Waals surface area contributed by atoms with Crippen molar-refractivity contribution in [3.63, 3.8) is 0 Å². The molecular formula is C13H18F3N3O2. The number of rotatable bonds is 5. The predicted octanol–water partition coefficient (Wildman–Crippen LogP) is 2.10. The number of alkyl halides is 3. The number of carbonyl (C=O) groups is 1. The van der Waals surface area contributed by atoms with Crippen LogP contribution in [-0.4, -0.2) is 37.6 Å². The average molecular weight is 305 g/mol. The lowest BCUT2D eigenvalue weighted by atomic mass is 10.1. The second-order valence-electron chi connectivity index (χ2n) is 4.62. The number of benzene rings is 1. The minimum Gasteiger partial charge on any atom is -0.383 e. The summed E-state index contributed by atoms with van der Waals surface area (Å²) in [5, 5.41) is 0. The molecule has 1 amide bonds. The molecule has 0 aliphatic heterocycles. The Balaban J connectivity index is 3.17. The molecule has 1 unspecified atom stereocenters. The van der Waals surface area contributed by atoms with E-state index in [0.717, 1.165) is 18.2 Å². The van der Waals surface area contributed by atoms with E-state index < -0.39 is 17.6 Å². The van der Waals surface area contributed by atoms with Gasteiger partial charge in [0.05, 0.1) is 29.5 Å². The topological polar surface area (TPSA) is 67.6 Å². The maximum atomic E-state index is 12.8. The zero-order valence-electron chi connectivity index (χ0n) is 12.0. The Labute approximate surface area is 120 Å². The molecule has 0 saturated carbocycles. The first-order valence-corrected chi connectivity index (χ1v) is 6.16. The molecule has 1 aromatic carbocycles. The van der Waals surface area contributed by atoms with E-state index in [1.165, 1.54) is 19.1 Å². The molecule has 0 radical (unpaired) electrons. The summed E-state index contributed by atoms with van der Waals surface area (Å²) in [5.41, 5.74) is 1.32. The van der Waals surface area contributed by atoms with Crippen molar-refractivity contribution in [1.82, 2.24) is 4.90 Å². The molecule has 3 N–H and O–H groups in total. The van der Waals surface area contributed by atoms with Gasteiger partial charge in [0.15, 0.2) is 0 Å². The van der Waals surface area contributed by atoms with Crippen LogP contribution in [-0.2, 0) is 10.9 Å². The SMILES string of the molecule is COCC(C)N(C)C(=O)c1cc(C(F)(F)F)ccc1NN. The van der Waals surface area contributed by atoms with Gasteiger partial charge in [0.2, 0.25) is 0 Å². The molecule has 1 rings (SSSR count). The third-order valence-electron chi connectivity index (χ3n) is 3.12. The van der Waals surface area contributed by atoms with Crippen LogP contribution in [0.15, 0.2) is 18.2 Å². The molecule has 0 fully saturated rings. The van der Waals surface area contributed by atoms with Crippen molar-refractivity contribution in [2.45, 2.75) is 19.1 Å². The summed E-state index contributed by atoms with van der Waals surface area (Å²) in [5.74, 6) is 4.69. The highest BCUT2D eigenvalue weighted by Gasteiger charge is 2.32. The van der Waals surface area contributed by atoms with Gasteiger partial charge in [-0.2, -0.15) is 13.2 Å². The molecule has 8 heteroatoms. The average Bonchev–Trinajstić information content (AvgIpc) is 2.44. The van der Waals surface area contributed by atoms with Gasteiger partial charge in [-0.25, -0.2) is 0 Å². The number of ether oxygens (including phenoxy) is 1. The first-order chi connectivity index (χ1) is 9.72. The molecule has 118 valence electrons. The fraction of sp³-hybridized carbons (Fsp3) is 0.462. The van der Waals surface area contributed by atoms with E-state index in [1.54, 1.807) is 6.92 Å². The summed E-state index contributed by atoms with van der Waals surface area (Å²) in [6, 6.07) is 2.49. The number of hydrazine groups is 1. The number of likely N-dealkylation sites (N-methyl/N-ethyl adjacent to an activating group) is 1. The molecule has 0 saturated heterocycles. The molecule has 0 aliphatic carbocycles. The largest absolute Gasteiger partial charge is 0.416 e. The fourth-order valence-corrected chi connectivity index (χ4v) is 1.77. The van der Waals surface area contributed by atoms with Crippen molar-refractivity contribution < 1.29 is 22.7 Å². The van der Waals surface area contributed by atoms with Crippen molar-refractivity contribution in [3.8, 4) is 0 Å². The Morgan fingerprint density at radius 1 is 1.48 bits per heavy atom. The summed E-state index contributed by atoms with van der Waals surface area (Å²) in [6.07, 6.45) is -4.53. The van der Waals surface area contributed by atoms with Crippen LogP contribution < -0.4 is 11.3 Å². The number of nitrogens with zero attached hydrogens (tertiary/aromatic N) is 1. The summed E-state index contributed by atoms with van der Waals surface area (Å²) in [4.78, 5) is 13.6. The highest BCUT2D eigenvalue weighted by atomic mass is 19.4. The lowest BCUT2D eigenvalue weighted by molar-refractivity contribution is -0.137. The van der Waals surface area contributed by atoms with Crippen LogP contribution >= 0.6 is 0 Å². The van der Waals surface area contributed by atoms with Crippen molar-refractivity contribution in [2.24, 2.45) is 5.84 Å². The number of anilines is 1. The molecule has 0 spiro atoms. The van der Waals surface area contributed by atoms with Gasteiger partial charge >= 0.3 is 6.18 Å². The molecule has 0 heterocycles. The van der Waals surface area contributed by atoms with Gasteiger partial charge in [0.25, 0.3) is 5.91 Å². The fourth-order valence-electron chi connectivity index (χ4n) is 1.77. The molecule has 0 aliphatic rings. The van der Waals surface area contributed by atoms with Gasteiger partial charge in [-0.1, -0.05) is 0 Å². The van der Waals surface area contributed by atoms with Crippen LogP contribution in [0.5, 0.6) is 0 Å². The number of nitrogen functional groups attached to an aromatic ring is 1. The van der Waals surface area contributed by atoms with Crippen LogP contribution in [0.1, 0.15) is 22.8 Å². The minimum atomic E-state index is -4.53. The molecular weight excluding hydrogens is 287 g/mol. The van der Waals surface area contributed by atoms with E-state index in [0.29, 0.717) is 0 Å². The number of nitrogens with one attached hydrogen (secondary N) is 1. The normalized spacial score (nSPS) is 12.9. The van der Waals surface area contributed by atoms with Gasteiger partial charge < -0.3 is 15.1 Å². The number of amides is 1. The molecule has 0 aromatic heterocycles. The Hall–Kier alpha value is -1.80. The summed E-state index contributed by atoms with van der Waals surface area (Å²) in [7, 11) is 2.97. The number of nitrogens with two attached hydrogens (primary N) is 1. The van der Waals surface area contributed by atoms with Crippen LogP contribution in [0.25, 0.3) is 0 Å². The zero-order chi connectivity index (χ0) is 16.2. The molecule has 1 atom stereocenters. The first-order valence-electron chi connectivity index (χ1n) is 6.16. The standard InChI is InChI=1S/C13H18F3N3O2/c1-8(7-21-3)19(2)12(20)10-6-9(13(14,15)16)4-5-11(10)18-17/h4-6,8,18H,7,17H2,1-3H3. The number of methoxy groups -OCH3 is 1. The molecule has 5 nitrogen and oxygen atoms in total. The Morgan fingerprint density at radius 3 is 2.57 bits per heavy atom.